The van der Waals surface area contributed by atoms with Crippen LogP contribution in [0.15, 0.2) is 131 Å². The lowest BCUT2D eigenvalue weighted by molar-refractivity contribution is -0.138. The zero-order chi connectivity index (χ0) is 41.3. The van der Waals surface area contributed by atoms with Gasteiger partial charge < -0.3 is 9.84 Å². The van der Waals surface area contributed by atoms with Crippen molar-refractivity contribution in [3.05, 3.63) is 164 Å². The molecule has 3 fully saturated rings. The van der Waals surface area contributed by atoms with Crippen molar-refractivity contribution in [3.63, 3.8) is 0 Å². The van der Waals surface area contributed by atoms with Gasteiger partial charge in [-0.1, -0.05) is 93.2 Å². The summed E-state index contributed by atoms with van der Waals surface area (Å²) in [4.78, 5) is 73.9. The minimum atomic E-state index is -1.64. The largest absolute Gasteiger partial charge is 0.508 e. The van der Waals surface area contributed by atoms with E-state index in [0.29, 0.717) is 48.8 Å². The molecule has 2 N–H and O–H groups in total. The van der Waals surface area contributed by atoms with Crippen LogP contribution in [0.2, 0.25) is 10.0 Å². The second-order valence-corrected chi connectivity index (χ2v) is 16.9. The molecule has 13 heteroatoms. The van der Waals surface area contributed by atoms with Crippen molar-refractivity contribution in [2.45, 2.75) is 24.2 Å². The van der Waals surface area contributed by atoms with Gasteiger partial charge in [-0.25, -0.2) is 0 Å². The highest BCUT2D eigenvalue weighted by molar-refractivity contribution is 9.10. The summed E-state index contributed by atoms with van der Waals surface area (Å²) in [6.45, 7) is 0. The molecule has 5 aromatic rings. The first-order valence-electron chi connectivity index (χ1n) is 18.9. The molecule has 2 aliphatic carbocycles. The number of hydrogen-bond acceptors (Lipinski definition) is 8. The van der Waals surface area contributed by atoms with Crippen LogP contribution in [-0.4, -0.2) is 46.6 Å². The molecular formula is C46H34BrCl2N3O7. The number of nitrogens with zero attached hydrogens (tertiary/aromatic N) is 2. The number of hydrogen-bond donors (Lipinski definition) is 2. The van der Waals surface area contributed by atoms with Crippen LogP contribution in [0, 0.1) is 23.7 Å². The third kappa shape index (κ3) is 6.08. The van der Waals surface area contributed by atoms with Gasteiger partial charge in [0.2, 0.25) is 11.8 Å². The van der Waals surface area contributed by atoms with Crippen LogP contribution in [0.4, 0.5) is 11.4 Å². The van der Waals surface area contributed by atoms with E-state index in [0.717, 1.165) is 5.01 Å². The number of hydrazine groups is 1. The van der Waals surface area contributed by atoms with E-state index in [1.165, 1.54) is 24.1 Å². The Labute approximate surface area is 357 Å². The molecule has 4 aliphatic rings. The van der Waals surface area contributed by atoms with E-state index in [2.05, 4.69) is 21.4 Å². The molecule has 6 atom stereocenters. The van der Waals surface area contributed by atoms with Crippen LogP contribution >= 0.6 is 39.1 Å². The standard InChI is InChI=1S/C46H34BrCl2N3O7/c1-59-30-15-9-26(10-16-30)46-35(43(56)52(45(46)58)50-37-19-12-28(48)22-36(37)49)23-33-31(40(46)34-21-27(47)11-20-38(34)53)17-18-32-39(33)44(57)51(42(32)55)29-13-7-25(8-14-29)41(54)24-5-3-2-4-6-24/h2-17,19-22,32-33,35,39-40,50,53H,18,23H2,1H3. The average molecular weight is 892 g/mol. The Morgan fingerprint density at radius 3 is 2.24 bits per heavy atom. The zero-order valence-electron chi connectivity index (χ0n) is 31.3. The molecule has 1 saturated carbocycles. The molecule has 0 radical (unpaired) electrons. The topological polar surface area (TPSA) is 133 Å². The molecule has 0 bridgehead atoms. The average Bonchev–Trinajstić information content (AvgIpc) is 3.63. The predicted molar refractivity (Wildman–Crippen MR) is 225 cm³/mol. The van der Waals surface area contributed by atoms with Gasteiger partial charge in [0, 0.05) is 32.1 Å². The number of imide groups is 2. The molecule has 6 unspecified atom stereocenters. The second kappa shape index (κ2) is 14.8. The number of carbonyl (C=O) groups excluding carboxylic acids is 5. The first-order valence-corrected chi connectivity index (χ1v) is 20.5. The number of ketones is 1. The number of fused-ring (bicyclic) bond motifs is 4. The van der Waals surface area contributed by atoms with E-state index in [1.807, 2.05) is 12.1 Å². The number of phenolic OH excluding ortho intramolecular Hbond substituents is 1. The van der Waals surface area contributed by atoms with Crippen LogP contribution in [0.5, 0.6) is 11.5 Å². The Bertz CT molecular complexity index is 2620. The Kier molecular flexibility index (Phi) is 9.73. The van der Waals surface area contributed by atoms with Crippen molar-refractivity contribution in [1.29, 1.82) is 0 Å². The van der Waals surface area contributed by atoms with Crippen molar-refractivity contribution >= 4 is 79.9 Å². The summed E-state index contributed by atoms with van der Waals surface area (Å²) in [6, 6.07) is 31.7. The molecule has 4 amide bonds. The van der Waals surface area contributed by atoms with E-state index < -0.39 is 52.7 Å². The van der Waals surface area contributed by atoms with Gasteiger partial charge in [0.15, 0.2) is 5.78 Å². The molecule has 2 aliphatic heterocycles. The third-order valence-corrected chi connectivity index (χ3v) is 13.3. The second-order valence-electron chi connectivity index (χ2n) is 15.2. The fourth-order valence-electron chi connectivity index (χ4n) is 9.72. The summed E-state index contributed by atoms with van der Waals surface area (Å²) in [7, 11) is 1.53. The fraction of sp³-hybridized carbons (Fsp3) is 0.196. The smallest absolute Gasteiger partial charge is 0.260 e. The maximum absolute atomic E-state index is 15.5. The van der Waals surface area contributed by atoms with Gasteiger partial charge >= 0.3 is 0 Å². The third-order valence-electron chi connectivity index (χ3n) is 12.3. The van der Waals surface area contributed by atoms with Crippen molar-refractivity contribution in [2.24, 2.45) is 23.7 Å². The van der Waals surface area contributed by atoms with Crippen molar-refractivity contribution < 1.29 is 33.8 Å². The quantitative estimate of drug-likeness (QED) is 0.0898. The lowest BCUT2D eigenvalue weighted by Crippen LogP contribution is -2.53. The van der Waals surface area contributed by atoms with E-state index in [-0.39, 0.29) is 41.0 Å². The van der Waals surface area contributed by atoms with E-state index in [9.17, 15) is 19.5 Å². The summed E-state index contributed by atoms with van der Waals surface area (Å²) in [5, 5.41) is 13.2. The number of carbonyl (C=O) groups is 5. The van der Waals surface area contributed by atoms with Crippen LogP contribution in [0.25, 0.3) is 0 Å². The van der Waals surface area contributed by atoms with Gasteiger partial charge in [0.05, 0.1) is 46.7 Å². The van der Waals surface area contributed by atoms with Gasteiger partial charge in [0.25, 0.3) is 11.8 Å². The summed E-state index contributed by atoms with van der Waals surface area (Å²) in [5.41, 5.74) is 4.38. The highest BCUT2D eigenvalue weighted by Crippen LogP contribution is 2.65. The Morgan fingerprint density at radius 1 is 0.831 bits per heavy atom. The SMILES string of the molecule is COc1ccc(C23C(=O)N(Nc4ccc(Cl)cc4Cl)C(=O)C2CC2C(=CCC4C(=O)N(c5ccc(C(=O)c6ccccc6)cc5)C(=O)C42)C3c2cc(Br)ccc2O)cc1. The molecule has 0 spiro atoms. The predicted octanol–water partition coefficient (Wildman–Crippen LogP) is 8.89. The lowest BCUT2D eigenvalue weighted by Gasteiger charge is -2.50. The highest BCUT2D eigenvalue weighted by Gasteiger charge is 2.70. The number of anilines is 2. The number of benzene rings is 5. The zero-order valence-corrected chi connectivity index (χ0v) is 34.4. The molecular weight excluding hydrogens is 857 g/mol. The first-order chi connectivity index (χ1) is 28.4. The van der Waals surface area contributed by atoms with E-state index in [1.54, 1.807) is 97.1 Å². The van der Waals surface area contributed by atoms with Gasteiger partial charge in [-0.05, 0) is 97.1 Å². The normalized spacial score (nSPS) is 24.7. The van der Waals surface area contributed by atoms with Crippen LogP contribution in [0.1, 0.15) is 45.8 Å². The Hall–Kier alpha value is -5.75. The maximum Gasteiger partial charge on any atom is 0.260 e. The monoisotopic (exact) mass is 889 g/mol. The minimum absolute atomic E-state index is 0.0404. The molecule has 59 heavy (non-hydrogen) atoms. The molecule has 5 aromatic carbocycles. The Balaban J connectivity index is 1.17. The number of phenols is 1. The van der Waals surface area contributed by atoms with Crippen molar-refractivity contribution in [1.82, 2.24) is 5.01 Å². The summed E-state index contributed by atoms with van der Waals surface area (Å²) < 4.78 is 6.10. The number of allylic oxidation sites excluding steroid dienone is 2. The summed E-state index contributed by atoms with van der Waals surface area (Å²) in [6.07, 6.45) is 2.14. The van der Waals surface area contributed by atoms with E-state index in [4.69, 9.17) is 27.9 Å². The number of halogens is 3. The molecule has 2 heterocycles. The van der Waals surface area contributed by atoms with Crippen molar-refractivity contribution in [3.8, 4) is 11.5 Å². The number of methoxy groups -OCH3 is 1. The number of aromatic hydroxyl groups is 1. The van der Waals surface area contributed by atoms with Crippen LogP contribution in [-0.2, 0) is 24.6 Å². The number of amides is 4. The van der Waals surface area contributed by atoms with Gasteiger partial charge in [-0.2, -0.15) is 5.01 Å². The summed E-state index contributed by atoms with van der Waals surface area (Å²) >= 11 is 16.3. The molecule has 10 nitrogen and oxygen atoms in total. The van der Waals surface area contributed by atoms with Gasteiger partial charge in [-0.15, -0.1) is 0 Å². The lowest BCUT2D eigenvalue weighted by atomic mass is 9.49. The van der Waals surface area contributed by atoms with Crippen LogP contribution < -0.4 is 15.1 Å². The van der Waals surface area contributed by atoms with Gasteiger partial charge in [-0.3, -0.25) is 34.3 Å². The molecule has 0 aromatic heterocycles. The Morgan fingerprint density at radius 2 is 1.54 bits per heavy atom. The number of nitrogens with one attached hydrogen (secondary N) is 1. The van der Waals surface area contributed by atoms with Crippen molar-refractivity contribution in [2.75, 3.05) is 17.4 Å². The maximum atomic E-state index is 15.5. The number of rotatable bonds is 8. The van der Waals surface area contributed by atoms with E-state index >= 15 is 9.59 Å². The molecule has 2 saturated heterocycles. The molecule has 9 rings (SSSR count). The molecule has 296 valence electrons. The fourth-order valence-corrected chi connectivity index (χ4v) is 10.5. The van der Waals surface area contributed by atoms with Crippen LogP contribution in [0.3, 0.4) is 0 Å². The highest BCUT2D eigenvalue weighted by atomic mass is 79.9. The summed E-state index contributed by atoms with van der Waals surface area (Å²) in [5.74, 6) is -6.10. The first kappa shape index (κ1) is 38.8. The minimum Gasteiger partial charge on any atom is -0.508 e. The van der Waals surface area contributed by atoms with Gasteiger partial charge in [0.1, 0.15) is 11.5 Å². The number of ether oxygens (including phenoxy) is 1.